The molecular weight excluding hydrogens is 240 g/mol. The van der Waals surface area contributed by atoms with Gasteiger partial charge in [0, 0.05) is 11.8 Å². The predicted octanol–water partition coefficient (Wildman–Crippen LogP) is 1.60. The van der Waals surface area contributed by atoms with E-state index in [1.807, 2.05) is 6.92 Å². The van der Waals surface area contributed by atoms with Gasteiger partial charge in [0.05, 0.1) is 19.3 Å². The third-order valence-corrected chi connectivity index (χ3v) is 4.21. The number of nitrogens with one attached hydrogen (secondary N) is 1. The molecule has 1 fully saturated rings. The zero-order valence-electron chi connectivity index (χ0n) is 12.6. The van der Waals surface area contributed by atoms with Gasteiger partial charge in [0.25, 0.3) is 0 Å². The Kier molecular flexibility index (Phi) is 7.57. The van der Waals surface area contributed by atoms with Gasteiger partial charge in [0.2, 0.25) is 0 Å². The minimum Gasteiger partial charge on any atom is -0.394 e. The summed E-state index contributed by atoms with van der Waals surface area (Å²) in [4.78, 5) is 4.40. The van der Waals surface area contributed by atoms with Crippen molar-refractivity contribution >= 4 is 5.71 Å². The van der Waals surface area contributed by atoms with E-state index in [9.17, 15) is 5.11 Å². The SMILES string of the molecule is CCC(C)CC1CCNC(C(C)=NCC(O)CO)C1. The first-order valence-corrected chi connectivity index (χ1v) is 7.60. The monoisotopic (exact) mass is 270 g/mol. The molecule has 0 aromatic heterocycles. The molecule has 1 aliphatic heterocycles. The zero-order valence-corrected chi connectivity index (χ0v) is 12.6. The average molecular weight is 270 g/mol. The highest BCUT2D eigenvalue weighted by Crippen LogP contribution is 2.25. The molecule has 4 unspecified atom stereocenters. The Hall–Kier alpha value is -0.450. The molecule has 1 rings (SSSR count). The quantitative estimate of drug-likeness (QED) is 0.616. The topological polar surface area (TPSA) is 64.9 Å². The molecule has 1 aliphatic rings. The minimum absolute atomic E-state index is 0.217. The van der Waals surface area contributed by atoms with Gasteiger partial charge in [0.1, 0.15) is 0 Å². The molecule has 0 spiro atoms. The van der Waals surface area contributed by atoms with Crippen molar-refractivity contribution in [3.63, 3.8) is 0 Å². The number of aliphatic hydroxyl groups is 2. The van der Waals surface area contributed by atoms with E-state index in [1.54, 1.807) is 0 Å². The summed E-state index contributed by atoms with van der Waals surface area (Å²) >= 11 is 0. The largest absolute Gasteiger partial charge is 0.394 e. The molecule has 1 saturated heterocycles. The lowest BCUT2D eigenvalue weighted by Gasteiger charge is -2.32. The molecule has 0 saturated carbocycles. The van der Waals surface area contributed by atoms with Gasteiger partial charge in [-0.3, -0.25) is 4.99 Å². The molecule has 3 N–H and O–H groups in total. The van der Waals surface area contributed by atoms with Gasteiger partial charge in [-0.15, -0.1) is 0 Å². The lowest BCUT2D eigenvalue weighted by molar-refractivity contribution is 0.102. The molecule has 0 aromatic carbocycles. The average Bonchev–Trinajstić information content (AvgIpc) is 2.44. The van der Waals surface area contributed by atoms with Gasteiger partial charge < -0.3 is 15.5 Å². The minimum atomic E-state index is -0.727. The van der Waals surface area contributed by atoms with Crippen LogP contribution in [0.3, 0.4) is 0 Å². The summed E-state index contributed by atoms with van der Waals surface area (Å²) in [5.74, 6) is 1.59. The molecule has 0 aromatic rings. The predicted molar refractivity (Wildman–Crippen MR) is 79.7 cm³/mol. The van der Waals surface area contributed by atoms with Crippen LogP contribution in [-0.2, 0) is 0 Å². The molecule has 0 radical (unpaired) electrons. The number of aliphatic hydroxyl groups excluding tert-OH is 2. The van der Waals surface area contributed by atoms with Crippen LogP contribution < -0.4 is 5.32 Å². The number of hydrogen-bond donors (Lipinski definition) is 3. The van der Waals surface area contributed by atoms with Gasteiger partial charge in [0.15, 0.2) is 0 Å². The van der Waals surface area contributed by atoms with Crippen molar-refractivity contribution < 1.29 is 10.2 Å². The number of hydrogen-bond acceptors (Lipinski definition) is 4. The van der Waals surface area contributed by atoms with E-state index in [1.165, 1.54) is 19.3 Å². The number of piperidine rings is 1. The maximum Gasteiger partial charge on any atom is 0.0965 e. The van der Waals surface area contributed by atoms with Gasteiger partial charge in [-0.1, -0.05) is 20.3 Å². The van der Waals surface area contributed by atoms with E-state index in [0.29, 0.717) is 12.6 Å². The second-order valence-electron chi connectivity index (χ2n) is 5.96. The second-order valence-corrected chi connectivity index (χ2v) is 5.96. The van der Waals surface area contributed by atoms with E-state index in [4.69, 9.17) is 5.11 Å². The van der Waals surface area contributed by atoms with Crippen molar-refractivity contribution in [3.8, 4) is 0 Å². The normalized spacial score (nSPS) is 28.2. The molecule has 0 bridgehead atoms. The number of nitrogens with zero attached hydrogens (tertiary/aromatic N) is 1. The Balaban J connectivity index is 2.44. The Morgan fingerprint density at radius 2 is 2.21 bits per heavy atom. The third-order valence-electron chi connectivity index (χ3n) is 4.21. The number of aliphatic imine (C=N–C) groups is 1. The summed E-state index contributed by atoms with van der Waals surface area (Å²) in [7, 11) is 0. The van der Waals surface area contributed by atoms with Gasteiger partial charge >= 0.3 is 0 Å². The molecule has 0 aliphatic carbocycles. The summed E-state index contributed by atoms with van der Waals surface area (Å²) < 4.78 is 0. The van der Waals surface area contributed by atoms with Crippen molar-refractivity contribution in [3.05, 3.63) is 0 Å². The lowest BCUT2D eigenvalue weighted by Crippen LogP contribution is -2.43. The first kappa shape index (κ1) is 16.6. The molecule has 112 valence electrons. The van der Waals surface area contributed by atoms with E-state index in [2.05, 4.69) is 24.2 Å². The second kappa shape index (κ2) is 8.67. The van der Waals surface area contributed by atoms with Gasteiger partial charge in [-0.05, 0) is 44.6 Å². The highest BCUT2D eigenvalue weighted by atomic mass is 16.3. The van der Waals surface area contributed by atoms with E-state index in [0.717, 1.165) is 30.5 Å². The Morgan fingerprint density at radius 1 is 1.47 bits per heavy atom. The molecular formula is C15H30N2O2. The molecule has 4 heteroatoms. The molecule has 0 amide bonds. The molecule has 19 heavy (non-hydrogen) atoms. The van der Waals surface area contributed by atoms with Gasteiger partial charge in [-0.2, -0.15) is 0 Å². The van der Waals surface area contributed by atoms with Crippen LogP contribution in [0.15, 0.2) is 4.99 Å². The van der Waals surface area contributed by atoms with Crippen LogP contribution in [0.4, 0.5) is 0 Å². The van der Waals surface area contributed by atoms with Crippen LogP contribution in [0.25, 0.3) is 0 Å². The molecule has 4 nitrogen and oxygen atoms in total. The smallest absolute Gasteiger partial charge is 0.0965 e. The number of rotatable bonds is 7. The lowest BCUT2D eigenvalue weighted by atomic mass is 9.83. The standard InChI is InChI=1S/C15H30N2O2/c1-4-11(2)7-13-5-6-16-15(8-13)12(3)17-9-14(19)10-18/h11,13-16,18-19H,4-10H2,1-3H3. The highest BCUT2D eigenvalue weighted by molar-refractivity contribution is 5.87. The van der Waals surface area contributed by atoms with Crippen molar-refractivity contribution in [1.82, 2.24) is 5.32 Å². The third kappa shape index (κ3) is 6.02. The first-order chi connectivity index (χ1) is 9.06. The van der Waals surface area contributed by atoms with Crippen molar-refractivity contribution in [2.45, 2.75) is 58.6 Å². The maximum absolute atomic E-state index is 9.33. The van der Waals surface area contributed by atoms with E-state index < -0.39 is 6.10 Å². The van der Waals surface area contributed by atoms with Crippen LogP contribution in [0.5, 0.6) is 0 Å². The summed E-state index contributed by atoms with van der Waals surface area (Å²) in [6.07, 6.45) is 4.24. The Labute approximate surface area is 117 Å². The van der Waals surface area contributed by atoms with Crippen LogP contribution in [-0.4, -0.2) is 47.8 Å². The summed E-state index contributed by atoms with van der Waals surface area (Å²) in [6.45, 7) is 7.75. The fourth-order valence-electron chi connectivity index (χ4n) is 2.68. The van der Waals surface area contributed by atoms with Crippen LogP contribution in [0, 0.1) is 11.8 Å². The first-order valence-electron chi connectivity index (χ1n) is 7.60. The zero-order chi connectivity index (χ0) is 14.3. The van der Waals surface area contributed by atoms with E-state index in [-0.39, 0.29) is 6.61 Å². The highest BCUT2D eigenvalue weighted by Gasteiger charge is 2.24. The van der Waals surface area contributed by atoms with E-state index >= 15 is 0 Å². The van der Waals surface area contributed by atoms with Crippen LogP contribution >= 0.6 is 0 Å². The van der Waals surface area contributed by atoms with Crippen molar-refractivity contribution in [1.29, 1.82) is 0 Å². The fourth-order valence-corrected chi connectivity index (χ4v) is 2.68. The fraction of sp³-hybridized carbons (Fsp3) is 0.933. The summed E-state index contributed by atoms with van der Waals surface area (Å²) in [5.41, 5.74) is 1.06. The Morgan fingerprint density at radius 3 is 2.84 bits per heavy atom. The van der Waals surface area contributed by atoms with Crippen molar-refractivity contribution in [2.24, 2.45) is 16.8 Å². The summed E-state index contributed by atoms with van der Waals surface area (Å²) in [5, 5.41) is 21.6. The van der Waals surface area contributed by atoms with Crippen molar-refractivity contribution in [2.75, 3.05) is 19.7 Å². The maximum atomic E-state index is 9.33. The molecule has 1 heterocycles. The summed E-state index contributed by atoms with van der Waals surface area (Å²) in [6, 6.07) is 0.341. The Bertz CT molecular complexity index is 281. The molecule has 4 atom stereocenters. The van der Waals surface area contributed by atoms with Crippen LogP contribution in [0.2, 0.25) is 0 Å². The van der Waals surface area contributed by atoms with Gasteiger partial charge in [-0.25, -0.2) is 0 Å². The van der Waals surface area contributed by atoms with Crippen LogP contribution in [0.1, 0.15) is 46.5 Å².